The van der Waals surface area contributed by atoms with Crippen LogP contribution in [-0.2, 0) is 4.74 Å². The van der Waals surface area contributed by atoms with Crippen molar-refractivity contribution in [1.29, 1.82) is 0 Å². The van der Waals surface area contributed by atoms with Crippen LogP contribution in [0.25, 0.3) is 10.8 Å². The summed E-state index contributed by atoms with van der Waals surface area (Å²) in [6, 6.07) is 8.26. The van der Waals surface area contributed by atoms with Crippen LogP contribution in [0.15, 0.2) is 34.9 Å². The van der Waals surface area contributed by atoms with Crippen LogP contribution in [0.4, 0.5) is 5.82 Å². The molecule has 1 aromatic carbocycles. The van der Waals surface area contributed by atoms with Gasteiger partial charge in [0.15, 0.2) is 0 Å². The molecule has 102 valence electrons. The number of nitrogens with zero attached hydrogens (tertiary/aromatic N) is 1. The van der Waals surface area contributed by atoms with Crippen LogP contribution in [-0.4, -0.2) is 31.3 Å². The number of nitrogens with two attached hydrogens (primary N) is 1. The van der Waals surface area contributed by atoms with Crippen LogP contribution >= 0.6 is 15.9 Å². The minimum Gasteiger partial charge on any atom is -0.383 e. The zero-order valence-corrected chi connectivity index (χ0v) is 12.5. The number of nitrogens with one attached hydrogen (secondary N) is 1. The van der Waals surface area contributed by atoms with E-state index in [1.807, 2.05) is 24.4 Å². The van der Waals surface area contributed by atoms with Gasteiger partial charge in [-0.2, -0.15) is 0 Å². The van der Waals surface area contributed by atoms with Crippen LogP contribution in [0.1, 0.15) is 6.42 Å². The Kier molecular flexibility index (Phi) is 5.13. The number of methoxy groups -OCH3 is 1. The van der Waals surface area contributed by atoms with E-state index in [0.29, 0.717) is 13.2 Å². The number of benzene rings is 1. The summed E-state index contributed by atoms with van der Waals surface area (Å²) in [6.07, 6.45) is 2.65. The summed E-state index contributed by atoms with van der Waals surface area (Å²) in [6.45, 7) is 1.23. The molecule has 2 aromatic rings. The number of pyridine rings is 1. The van der Waals surface area contributed by atoms with Gasteiger partial charge in [0, 0.05) is 28.6 Å². The Morgan fingerprint density at radius 1 is 1.37 bits per heavy atom. The molecule has 0 aliphatic carbocycles. The topological polar surface area (TPSA) is 60.2 Å². The average molecular weight is 324 g/mol. The quantitative estimate of drug-likeness (QED) is 0.858. The number of hydrogen-bond acceptors (Lipinski definition) is 4. The SMILES string of the molecule is COCC(CCN)Nc1nccc2c(Br)cccc12. The molecule has 1 unspecified atom stereocenters. The lowest BCUT2D eigenvalue weighted by molar-refractivity contribution is 0.183. The highest BCUT2D eigenvalue weighted by Crippen LogP contribution is 2.28. The normalized spacial score (nSPS) is 12.6. The summed E-state index contributed by atoms with van der Waals surface area (Å²) in [5.74, 6) is 0.870. The monoisotopic (exact) mass is 323 g/mol. The Bertz CT molecular complexity index is 541. The fourth-order valence-corrected chi connectivity index (χ4v) is 2.58. The number of fused-ring (bicyclic) bond motifs is 1. The smallest absolute Gasteiger partial charge is 0.134 e. The first-order chi connectivity index (χ1) is 9.26. The summed E-state index contributed by atoms with van der Waals surface area (Å²) >= 11 is 3.56. The van der Waals surface area contributed by atoms with Gasteiger partial charge in [-0.1, -0.05) is 28.1 Å². The summed E-state index contributed by atoms with van der Waals surface area (Å²) in [5.41, 5.74) is 5.63. The molecule has 0 saturated carbocycles. The van der Waals surface area contributed by atoms with E-state index in [9.17, 15) is 0 Å². The van der Waals surface area contributed by atoms with E-state index in [2.05, 4.69) is 32.3 Å². The Morgan fingerprint density at radius 3 is 2.95 bits per heavy atom. The second-order valence-electron chi connectivity index (χ2n) is 4.37. The van der Waals surface area contributed by atoms with Crippen molar-refractivity contribution in [1.82, 2.24) is 4.98 Å². The predicted octanol–water partition coefficient (Wildman–Crippen LogP) is 2.77. The van der Waals surface area contributed by atoms with Crippen LogP contribution in [0.3, 0.4) is 0 Å². The largest absolute Gasteiger partial charge is 0.383 e. The van der Waals surface area contributed by atoms with E-state index in [1.165, 1.54) is 0 Å². The van der Waals surface area contributed by atoms with E-state index < -0.39 is 0 Å². The van der Waals surface area contributed by atoms with Crippen molar-refractivity contribution in [3.05, 3.63) is 34.9 Å². The average Bonchev–Trinajstić information content (AvgIpc) is 2.40. The maximum atomic E-state index is 5.63. The Hall–Kier alpha value is -1.17. The maximum absolute atomic E-state index is 5.63. The predicted molar refractivity (Wildman–Crippen MR) is 82.4 cm³/mol. The van der Waals surface area contributed by atoms with Crippen molar-refractivity contribution in [2.24, 2.45) is 5.73 Å². The standard InChI is InChI=1S/C14H18BrN3O/c1-19-9-10(5-7-16)18-14-12-3-2-4-13(15)11(12)6-8-17-14/h2-4,6,8,10H,5,7,9,16H2,1H3,(H,17,18). The van der Waals surface area contributed by atoms with Gasteiger partial charge in [0.1, 0.15) is 5.82 Å². The second kappa shape index (κ2) is 6.84. The molecule has 5 heteroatoms. The minimum atomic E-state index is 0.173. The van der Waals surface area contributed by atoms with Gasteiger partial charge < -0.3 is 15.8 Å². The minimum absolute atomic E-state index is 0.173. The van der Waals surface area contributed by atoms with Crippen molar-refractivity contribution in [2.45, 2.75) is 12.5 Å². The summed E-state index contributed by atoms with van der Waals surface area (Å²) in [5, 5.41) is 5.65. The third-order valence-electron chi connectivity index (χ3n) is 2.98. The molecule has 2 rings (SSSR count). The van der Waals surface area contributed by atoms with Crippen molar-refractivity contribution >= 4 is 32.5 Å². The number of aromatic nitrogens is 1. The number of ether oxygens (including phenoxy) is 1. The van der Waals surface area contributed by atoms with Gasteiger partial charge >= 0.3 is 0 Å². The number of halogens is 1. The van der Waals surface area contributed by atoms with Gasteiger partial charge in [-0.05, 0) is 25.1 Å². The highest BCUT2D eigenvalue weighted by molar-refractivity contribution is 9.10. The molecule has 1 aromatic heterocycles. The van der Waals surface area contributed by atoms with Crippen molar-refractivity contribution in [2.75, 3.05) is 25.6 Å². The third-order valence-corrected chi connectivity index (χ3v) is 3.67. The molecule has 0 radical (unpaired) electrons. The molecular formula is C14H18BrN3O. The van der Waals surface area contributed by atoms with Crippen molar-refractivity contribution in [3.63, 3.8) is 0 Å². The lowest BCUT2D eigenvalue weighted by Gasteiger charge is -2.19. The van der Waals surface area contributed by atoms with Gasteiger partial charge in [0.05, 0.1) is 12.6 Å². The van der Waals surface area contributed by atoms with Crippen LogP contribution < -0.4 is 11.1 Å². The highest BCUT2D eigenvalue weighted by Gasteiger charge is 2.11. The summed E-state index contributed by atoms with van der Waals surface area (Å²) in [4.78, 5) is 4.42. The first-order valence-corrected chi connectivity index (χ1v) is 7.04. The van der Waals surface area contributed by atoms with Crippen LogP contribution in [0.2, 0.25) is 0 Å². The molecule has 3 N–H and O–H groups in total. The van der Waals surface area contributed by atoms with Crippen molar-refractivity contribution in [3.8, 4) is 0 Å². The summed E-state index contributed by atoms with van der Waals surface area (Å²) in [7, 11) is 1.69. The second-order valence-corrected chi connectivity index (χ2v) is 5.22. The van der Waals surface area contributed by atoms with E-state index in [-0.39, 0.29) is 6.04 Å². The molecule has 0 saturated heterocycles. The maximum Gasteiger partial charge on any atom is 0.134 e. The Morgan fingerprint density at radius 2 is 2.21 bits per heavy atom. The third kappa shape index (κ3) is 3.43. The highest BCUT2D eigenvalue weighted by atomic mass is 79.9. The Labute approximate surface area is 121 Å². The lowest BCUT2D eigenvalue weighted by atomic mass is 10.1. The van der Waals surface area contributed by atoms with Crippen LogP contribution in [0.5, 0.6) is 0 Å². The number of anilines is 1. The molecule has 1 atom stereocenters. The van der Waals surface area contributed by atoms with E-state index in [0.717, 1.165) is 27.5 Å². The number of hydrogen-bond donors (Lipinski definition) is 2. The number of rotatable bonds is 6. The first-order valence-electron chi connectivity index (χ1n) is 6.25. The molecule has 0 aliphatic rings. The molecule has 4 nitrogen and oxygen atoms in total. The Balaban J connectivity index is 2.31. The lowest BCUT2D eigenvalue weighted by Crippen LogP contribution is -2.28. The van der Waals surface area contributed by atoms with Gasteiger partial charge in [-0.15, -0.1) is 0 Å². The molecule has 0 spiro atoms. The zero-order chi connectivity index (χ0) is 13.7. The molecule has 0 aliphatic heterocycles. The van der Waals surface area contributed by atoms with Crippen LogP contribution in [0, 0.1) is 0 Å². The molecule has 19 heavy (non-hydrogen) atoms. The fourth-order valence-electron chi connectivity index (χ4n) is 2.08. The van der Waals surface area contributed by atoms with Gasteiger partial charge in [0.2, 0.25) is 0 Å². The van der Waals surface area contributed by atoms with E-state index >= 15 is 0 Å². The molecule has 1 heterocycles. The van der Waals surface area contributed by atoms with E-state index in [4.69, 9.17) is 10.5 Å². The molecule has 0 amide bonds. The first kappa shape index (κ1) is 14.2. The summed E-state index contributed by atoms with van der Waals surface area (Å²) < 4.78 is 6.28. The van der Waals surface area contributed by atoms with Crippen molar-refractivity contribution < 1.29 is 4.74 Å². The van der Waals surface area contributed by atoms with Gasteiger partial charge in [0.25, 0.3) is 0 Å². The van der Waals surface area contributed by atoms with E-state index in [1.54, 1.807) is 7.11 Å². The fraction of sp³-hybridized carbons (Fsp3) is 0.357. The molecule has 0 fully saturated rings. The van der Waals surface area contributed by atoms with Gasteiger partial charge in [-0.25, -0.2) is 4.98 Å². The zero-order valence-electron chi connectivity index (χ0n) is 10.9. The van der Waals surface area contributed by atoms with Gasteiger partial charge in [-0.3, -0.25) is 0 Å². The molecular weight excluding hydrogens is 306 g/mol. The molecule has 0 bridgehead atoms.